The Morgan fingerprint density at radius 2 is 1.10 bits per heavy atom. The summed E-state index contributed by atoms with van der Waals surface area (Å²) in [7, 11) is 0. The van der Waals surface area contributed by atoms with Crippen LogP contribution in [0.3, 0.4) is 0 Å². The number of hydrogen-bond acceptors (Lipinski definition) is 1. The zero-order valence-electron chi connectivity index (χ0n) is 13.2. The van der Waals surface area contributed by atoms with Gasteiger partial charge in [-0.1, -0.05) is 57.4 Å². The molecule has 0 aromatic carbocycles. The molecule has 2 aliphatic rings. The monoisotopic (exact) mass is 278 g/mol. The van der Waals surface area contributed by atoms with E-state index in [9.17, 15) is 5.11 Å². The summed E-state index contributed by atoms with van der Waals surface area (Å²) in [6.45, 7) is 4.26. The second-order valence-corrected chi connectivity index (χ2v) is 7.40. The molecule has 2 rings (SSSR count). The first-order chi connectivity index (χ1) is 9.81. The first kappa shape index (κ1) is 16.1. The molecule has 0 heterocycles. The highest BCUT2D eigenvalue weighted by Crippen LogP contribution is 2.37. The fraction of sp³-hybridized carbons (Fsp3) is 0.895. The zero-order valence-corrected chi connectivity index (χ0v) is 13.2. The number of rotatable bonds is 7. The highest BCUT2D eigenvalue weighted by molar-refractivity contribution is 4.78. The molecule has 0 aliphatic heterocycles. The Morgan fingerprint density at radius 1 is 0.700 bits per heavy atom. The minimum absolute atomic E-state index is 0.418. The van der Waals surface area contributed by atoms with Gasteiger partial charge in [-0.15, -0.1) is 6.58 Å². The summed E-state index contributed by atoms with van der Waals surface area (Å²) in [6.07, 6.45) is 18.8. The fourth-order valence-electron chi connectivity index (χ4n) is 4.34. The lowest BCUT2D eigenvalue weighted by molar-refractivity contribution is 0.157. The van der Waals surface area contributed by atoms with Crippen LogP contribution in [-0.2, 0) is 0 Å². The number of allylic oxidation sites excluding steroid dienone is 1. The lowest BCUT2D eigenvalue weighted by Gasteiger charge is -2.31. The molecule has 1 nitrogen and oxygen atoms in total. The van der Waals surface area contributed by atoms with Gasteiger partial charge in [-0.2, -0.15) is 0 Å². The SMILES string of the molecule is C=CCCC1CCC(CCC2CCC(CO)CC2)CC1. The molecule has 116 valence electrons. The van der Waals surface area contributed by atoms with Crippen molar-refractivity contribution in [3.05, 3.63) is 12.7 Å². The summed E-state index contributed by atoms with van der Waals surface area (Å²) in [5, 5.41) is 9.19. The molecule has 2 aliphatic carbocycles. The Morgan fingerprint density at radius 3 is 1.50 bits per heavy atom. The third-order valence-electron chi connectivity index (χ3n) is 5.95. The van der Waals surface area contributed by atoms with Crippen LogP contribution in [0.25, 0.3) is 0 Å². The van der Waals surface area contributed by atoms with Crippen LogP contribution >= 0.6 is 0 Å². The van der Waals surface area contributed by atoms with E-state index in [4.69, 9.17) is 0 Å². The van der Waals surface area contributed by atoms with E-state index in [0.29, 0.717) is 12.5 Å². The highest BCUT2D eigenvalue weighted by Gasteiger charge is 2.24. The van der Waals surface area contributed by atoms with E-state index in [1.807, 2.05) is 0 Å². The van der Waals surface area contributed by atoms with Gasteiger partial charge in [0.1, 0.15) is 0 Å². The first-order valence-electron chi connectivity index (χ1n) is 9.03. The fourth-order valence-corrected chi connectivity index (χ4v) is 4.34. The van der Waals surface area contributed by atoms with Crippen LogP contribution in [0.5, 0.6) is 0 Å². The average molecular weight is 278 g/mol. The third-order valence-corrected chi connectivity index (χ3v) is 5.95. The Bertz CT molecular complexity index is 257. The van der Waals surface area contributed by atoms with Crippen molar-refractivity contribution >= 4 is 0 Å². The van der Waals surface area contributed by atoms with Gasteiger partial charge in [0.25, 0.3) is 0 Å². The second kappa shape index (κ2) is 8.87. The van der Waals surface area contributed by atoms with Gasteiger partial charge in [-0.25, -0.2) is 0 Å². The molecule has 0 bridgehead atoms. The molecule has 0 aromatic heterocycles. The smallest absolute Gasteiger partial charge is 0.0459 e. The van der Waals surface area contributed by atoms with E-state index in [1.54, 1.807) is 0 Å². The maximum absolute atomic E-state index is 9.19. The van der Waals surface area contributed by atoms with Gasteiger partial charge in [0, 0.05) is 6.61 Å². The second-order valence-electron chi connectivity index (χ2n) is 7.40. The van der Waals surface area contributed by atoms with E-state index >= 15 is 0 Å². The maximum atomic E-state index is 9.19. The summed E-state index contributed by atoms with van der Waals surface area (Å²) in [5.41, 5.74) is 0. The summed E-state index contributed by atoms with van der Waals surface area (Å²) in [4.78, 5) is 0. The van der Waals surface area contributed by atoms with E-state index in [0.717, 1.165) is 17.8 Å². The third kappa shape index (κ3) is 5.24. The van der Waals surface area contributed by atoms with Crippen molar-refractivity contribution in [1.29, 1.82) is 0 Å². The molecule has 0 spiro atoms. The van der Waals surface area contributed by atoms with Gasteiger partial charge >= 0.3 is 0 Å². The first-order valence-corrected chi connectivity index (χ1v) is 9.03. The van der Waals surface area contributed by atoms with Crippen molar-refractivity contribution in [3.8, 4) is 0 Å². The molecule has 2 saturated carbocycles. The van der Waals surface area contributed by atoms with Crippen LogP contribution in [-0.4, -0.2) is 11.7 Å². The molecule has 0 unspecified atom stereocenters. The number of hydrogen-bond donors (Lipinski definition) is 1. The van der Waals surface area contributed by atoms with Gasteiger partial charge in [-0.05, 0) is 49.4 Å². The Kier molecular flexibility index (Phi) is 7.13. The predicted molar refractivity (Wildman–Crippen MR) is 86.6 cm³/mol. The van der Waals surface area contributed by atoms with Gasteiger partial charge in [0.15, 0.2) is 0 Å². The summed E-state index contributed by atoms with van der Waals surface area (Å²) in [6, 6.07) is 0. The van der Waals surface area contributed by atoms with Gasteiger partial charge in [0.05, 0.1) is 0 Å². The topological polar surface area (TPSA) is 20.2 Å². The Hall–Kier alpha value is -0.300. The van der Waals surface area contributed by atoms with E-state index in [-0.39, 0.29) is 0 Å². The largest absolute Gasteiger partial charge is 0.396 e. The zero-order chi connectivity index (χ0) is 14.2. The molecule has 0 radical (unpaired) electrons. The Labute approximate surface area is 125 Å². The highest BCUT2D eigenvalue weighted by atomic mass is 16.3. The maximum Gasteiger partial charge on any atom is 0.0459 e. The van der Waals surface area contributed by atoms with Crippen LogP contribution in [0.15, 0.2) is 12.7 Å². The van der Waals surface area contributed by atoms with E-state index in [2.05, 4.69) is 12.7 Å². The quantitative estimate of drug-likeness (QED) is 0.623. The predicted octanol–water partition coefficient (Wildman–Crippen LogP) is 5.34. The van der Waals surface area contributed by atoms with Crippen molar-refractivity contribution in [3.63, 3.8) is 0 Å². The molecule has 2 fully saturated rings. The molecule has 1 heteroatoms. The molecule has 1 N–H and O–H groups in total. The number of aliphatic hydroxyl groups is 1. The van der Waals surface area contributed by atoms with Crippen LogP contribution in [0.2, 0.25) is 0 Å². The molecule has 0 amide bonds. The Balaban J connectivity index is 1.56. The van der Waals surface area contributed by atoms with Crippen molar-refractivity contribution < 1.29 is 5.11 Å². The molecular formula is C19H34O. The minimum atomic E-state index is 0.418. The molecule has 0 atom stereocenters. The van der Waals surface area contributed by atoms with Gasteiger partial charge < -0.3 is 5.11 Å². The lowest BCUT2D eigenvalue weighted by atomic mass is 9.75. The van der Waals surface area contributed by atoms with Crippen LogP contribution in [0.4, 0.5) is 0 Å². The minimum Gasteiger partial charge on any atom is -0.396 e. The molecule has 0 aromatic rings. The molecule has 20 heavy (non-hydrogen) atoms. The number of aliphatic hydroxyl groups excluding tert-OH is 1. The van der Waals surface area contributed by atoms with Gasteiger partial charge in [0.2, 0.25) is 0 Å². The normalized spacial score (nSPS) is 34.9. The lowest BCUT2D eigenvalue weighted by Crippen LogP contribution is -2.19. The van der Waals surface area contributed by atoms with Crippen molar-refractivity contribution in [2.75, 3.05) is 6.61 Å². The van der Waals surface area contributed by atoms with Crippen LogP contribution < -0.4 is 0 Å². The van der Waals surface area contributed by atoms with Crippen molar-refractivity contribution in [2.24, 2.45) is 23.7 Å². The molecular weight excluding hydrogens is 244 g/mol. The van der Waals surface area contributed by atoms with E-state index < -0.39 is 0 Å². The summed E-state index contributed by atoms with van der Waals surface area (Å²) in [5.74, 6) is 3.60. The van der Waals surface area contributed by atoms with Gasteiger partial charge in [-0.3, -0.25) is 0 Å². The van der Waals surface area contributed by atoms with Crippen LogP contribution in [0, 0.1) is 23.7 Å². The standard InChI is InChI=1S/C19H34O/c1-2-3-4-16-5-7-17(8-6-16)9-10-18-11-13-19(15-20)14-12-18/h2,16-20H,1,3-15H2. The van der Waals surface area contributed by atoms with E-state index in [1.165, 1.54) is 77.0 Å². The molecule has 0 saturated heterocycles. The van der Waals surface area contributed by atoms with Crippen molar-refractivity contribution in [2.45, 2.75) is 77.0 Å². The van der Waals surface area contributed by atoms with Crippen LogP contribution in [0.1, 0.15) is 77.0 Å². The summed E-state index contributed by atoms with van der Waals surface area (Å²) >= 11 is 0. The summed E-state index contributed by atoms with van der Waals surface area (Å²) < 4.78 is 0. The average Bonchev–Trinajstić information content (AvgIpc) is 2.52. The van der Waals surface area contributed by atoms with Crippen molar-refractivity contribution in [1.82, 2.24) is 0 Å².